The van der Waals surface area contributed by atoms with E-state index in [0.29, 0.717) is 5.92 Å². The van der Waals surface area contributed by atoms with Gasteiger partial charge in [-0.05, 0) is 26.2 Å². The number of nitrogens with one attached hydrogen (secondary N) is 1. The van der Waals surface area contributed by atoms with Crippen LogP contribution >= 0.6 is 0 Å². The van der Waals surface area contributed by atoms with E-state index in [9.17, 15) is 4.79 Å². The average molecular weight is 234 g/mol. The van der Waals surface area contributed by atoms with Gasteiger partial charge in [0, 0.05) is 13.1 Å². The number of carbonyl (C=O) groups is 1. The molecule has 2 aliphatic rings. The molecule has 92 valence electrons. The van der Waals surface area contributed by atoms with Gasteiger partial charge in [-0.3, -0.25) is 4.79 Å². The Labute approximate surface area is 101 Å². The normalized spacial score (nSPS) is 26.8. The molecule has 1 fully saturated rings. The lowest BCUT2D eigenvalue weighted by molar-refractivity contribution is -0.118. The molecular formula is C12H18N4O. The number of amides is 1. The maximum Gasteiger partial charge on any atom is 0.247 e. The molecule has 0 radical (unpaired) electrons. The van der Waals surface area contributed by atoms with Gasteiger partial charge >= 0.3 is 0 Å². The van der Waals surface area contributed by atoms with Crippen molar-refractivity contribution < 1.29 is 4.79 Å². The first-order chi connectivity index (χ1) is 8.13. The number of nitrogens with zero attached hydrogens (tertiary/aromatic N) is 3. The highest BCUT2D eigenvalue weighted by molar-refractivity contribution is 6.04. The van der Waals surface area contributed by atoms with Crippen molar-refractivity contribution in [1.29, 1.82) is 0 Å². The monoisotopic (exact) mass is 234 g/mol. The molecule has 0 aliphatic carbocycles. The molecule has 3 heterocycles. The van der Waals surface area contributed by atoms with Gasteiger partial charge in [0.05, 0.1) is 5.69 Å². The highest BCUT2D eigenvalue weighted by Crippen LogP contribution is 2.40. The van der Waals surface area contributed by atoms with Gasteiger partial charge in [-0.2, -0.15) is 5.10 Å². The second-order valence-corrected chi connectivity index (χ2v) is 4.99. The molecule has 5 nitrogen and oxygen atoms in total. The Morgan fingerprint density at radius 3 is 3.00 bits per heavy atom. The van der Waals surface area contributed by atoms with Crippen molar-refractivity contribution >= 4 is 17.4 Å². The lowest BCUT2D eigenvalue weighted by Gasteiger charge is -2.33. The van der Waals surface area contributed by atoms with Crippen molar-refractivity contribution in [2.24, 2.45) is 5.92 Å². The van der Waals surface area contributed by atoms with Gasteiger partial charge in [-0.15, -0.1) is 0 Å². The van der Waals surface area contributed by atoms with Crippen LogP contribution in [0.15, 0.2) is 0 Å². The van der Waals surface area contributed by atoms with Crippen LogP contribution < -0.4 is 10.2 Å². The molecule has 1 aromatic heterocycles. The maximum absolute atomic E-state index is 12.1. The Bertz CT molecular complexity index is 479. The van der Waals surface area contributed by atoms with E-state index in [1.54, 1.807) is 0 Å². The van der Waals surface area contributed by atoms with E-state index in [0.717, 1.165) is 36.7 Å². The van der Waals surface area contributed by atoms with Crippen LogP contribution in [0, 0.1) is 12.8 Å². The van der Waals surface area contributed by atoms with Crippen LogP contribution in [0.2, 0.25) is 0 Å². The van der Waals surface area contributed by atoms with Crippen LogP contribution in [0.3, 0.4) is 0 Å². The van der Waals surface area contributed by atoms with Crippen molar-refractivity contribution in [1.82, 2.24) is 9.78 Å². The number of carbonyl (C=O) groups excluding carboxylic acids is 1. The predicted molar refractivity (Wildman–Crippen MR) is 66.2 cm³/mol. The molecule has 1 N–H and O–H groups in total. The number of aryl methyl sites for hydroxylation is 2. The van der Waals surface area contributed by atoms with Crippen molar-refractivity contribution in [2.45, 2.75) is 39.8 Å². The Morgan fingerprint density at radius 1 is 1.53 bits per heavy atom. The van der Waals surface area contributed by atoms with Gasteiger partial charge in [0.2, 0.25) is 5.91 Å². The van der Waals surface area contributed by atoms with Crippen molar-refractivity contribution in [3.63, 3.8) is 0 Å². The minimum absolute atomic E-state index is 0.0103. The Kier molecular flexibility index (Phi) is 2.18. The SMILES string of the molecule is CCn1nc(C)c2c1N1CCC(C)C1C(=O)N2. The minimum atomic E-state index is -0.0103. The first kappa shape index (κ1) is 10.6. The van der Waals surface area contributed by atoms with Crippen LogP contribution in [-0.4, -0.2) is 28.3 Å². The number of hydrogen-bond acceptors (Lipinski definition) is 3. The Morgan fingerprint density at radius 2 is 2.29 bits per heavy atom. The smallest absolute Gasteiger partial charge is 0.247 e. The summed E-state index contributed by atoms with van der Waals surface area (Å²) in [5.74, 6) is 1.64. The molecule has 2 unspecified atom stereocenters. The lowest BCUT2D eigenvalue weighted by Crippen LogP contribution is -2.47. The highest BCUT2D eigenvalue weighted by Gasteiger charge is 2.43. The average Bonchev–Trinajstić information content (AvgIpc) is 2.82. The quantitative estimate of drug-likeness (QED) is 0.798. The number of fused-ring (bicyclic) bond motifs is 3. The summed E-state index contributed by atoms with van der Waals surface area (Å²) >= 11 is 0. The van der Waals surface area contributed by atoms with Gasteiger partial charge in [0.15, 0.2) is 5.82 Å². The number of rotatable bonds is 1. The zero-order chi connectivity index (χ0) is 12.2. The van der Waals surface area contributed by atoms with Crippen molar-refractivity contribution in [3.8, 4) is 0 Å². The van der Waals surface area contributed by atoms with Gasteiger partial charge in [-0.25, -0.2) is 4.68 Å². The van der Waals surface area contributed by atoms with E-state index in [1.165, 1.54) is 0 Å². The van der Waals surface area contributed by atoms with Crippen LogP contribution in [0.1, 0.15) is 26.0 Å². The van der Waals surface area contributed by atoms with Gasteiger partial charge in [0.25, 0.3) is 0 Å². The number of hydrogen-bond donors (Lipinski definition) is 1. The summed E-state index contributed by atoms with van der Waals surface area (Å²) in [6.45, 7) is 7.97. The van der Waals surface area contributed by atoms with Crippen LogP contribution in [0.25, 0.3) is 0 Å². The molecule has 5 heteroatoms. The zero-order valence-corrected chi connectivity index (χ0v) is 10.5. The summed E-state index contributed by atoms with van der Waals surface area (Å²) in [4.78, 5) is 14.3. The second kappa shape index (κ2) is 3.48. The summed E-state index contributed by atoms with van der Waals surface area (Å²) in [6, 6.07) is -0.0103. The predicted octanol–water partition coefficient (Wildman–Crippen LogP) is 1.38. The summed E-state index contributed by atoms with van der Waals surface area (Å²) < 4.78 is 2.00. The third kappa shape index (κ3) is 1.31. The topological polar surface area (TPSA) is 50.2 Å². The van der Waals surface area contributed by atoms with Crippen LogP contribution in [-0.2, 0) is 11.3 Å². The van der Waals surface area contributed by atoms with Crippen molar-refractivity contribution in [2.75, 3.05) is 16.8 Å². The van der Waals surface area contributed by atoms with E-state index in [-0.39, 0.29) is 11.9 Å². The molecule has 1 aromatic rings. The second-order valence-electron chi connectivity index (χ2n) is 4.99. The standard InChI is InChI=1S/C12H18N4O/c1-4-16-12-9(8(3)14-16)13-11(17)10-7(2)5-6-15(10)12/h7,10H,4-6H2,1-3H3,(H,13,17). The van der Waals surface area contributed by atoms with Gasteiger partial charge in [0.1, 0.15) is 11.7 Å². The molecule has 1 saturated heterocycles. The van der Waals surface area contributed by atoms with E-state index < -0.39 is 0 Å². The first-order valence-electron chi connectivity index (χ1n) is 6.28. The Balaban J connectivity index is 2.14. The fourth-order valence-corrected chi connectivity index (χ4v) is 3.01. The van der Waals surface area contributed by atoms with E-state index in [1.807, 2.05) is 11.6 Å². The van der Waals surface area contributed by atoms with Gasteiger partial charge < -0.3 is 10.2 Å². The fraction of sp³-hybridized carbons (Fsp3) is 0.667. The van der Waals surface area contributed by atoms with Crippen molar-refractivity contribution in [3.05, 3.63) is 5.69 Å². The maximum atomic E-state index is 12.1. The number of anilines is 2. The molecule has 0 bridgehead atoms. The van der Waals surface area contributed by atoms with E-state index in [2.05, 4.69) is 29.2 Å². The summed E-state index contributed by atoms with van der Waals surface area (Å²) in [5, 5.41) is 7.51. The molecule has 0 saturated carbocycles. The molecule has 17 heavy (non-hydrogen) atoms. The molecule has 0 aromatic carbocycles. The molecule has 2 atom stereocenters. The fourth-order valence-electron chi connectivity index (χ4n) is 3.01. The van der Waals surface area contributed by atoms with E-state index >= 15 is 0 Å². The molecular weight excluding hydrogens is 216 g/mol. The third-order valence-electron chi connectivity index (χ3n) is 3.89. The lowest BCUT2D eigenvalue weighted by atomic mass is 10.0. The van der Waals surface area contributed by atoms with Gasteiger partial charge in [-0.1, -0.05) is 6.92 Å². The highest BCUT2D eigenvalue weighted by atomic mass is 16.2. The zero-order valence-electron chi connectivity index (χ0n) is 10.5. The Hall–Kier alpha value is -1.52. The summed E-state index contributed by atoms with van der Waals surface area (Å²) in [7, 11) is 0. The molecule has 0 spiro atoms. The minimum Gasteiger partial charge on any atom is -0.343 e. The number of aromatic nitrogens is 2. The molecule has 2 aliphatic heterocycles. The summed E-state index contributed by atoms with van der Waals surface area (Å²) in [5.41, 5.74) is 1.82. The van der Waals surface area contributed by atoms with Crippen LogP contribution in [0.5, 0.6) is 0 Å². The largest absolute Gasteiger partial charge is 0.343 e. The molecule has 1 amide bonds. The third-order valence-corrected chi connectivity index (χ3v) is 3.89. The first-order valence-corrected chi connectivity index (χ1v) is 6.28. The molecule has 3 rings (SSSR count). The van der Waals surface area contributed by atoms with Crippen LogP contribution in [0.4, 0.5) is 11.5 Å². The summed E-state index contributed by atoms with van der Waals surface area (Å²) in [6.07, 6.45) is 1.07. The van der Waals surface area contributed by atoms with E-state index in [4.69, 9.17) is 0 Å².